The number of nitrogens with one attached hydrogen (secondary N) is 2. The summed E-state index contributed by atoms with van der Waals surface area (Å²) in [6.07, 6.45) is 6.85. The van der Waals surface area contributed by atoms with Crippen LogP contribution in [-0.2, 0) is 19.1 Å². The Morgan fingerprint density at radius 3 is 2.56 bits per heavy atom. The van der Waals surface area contributed by atoms with E-state index in [0.717, 1.165) is 25.7 Å². The van der Waals surface area contributed by atoms with Gasteiger partial charge in [0.05, 0.1) is 17.9 Å². The van der Waals surface area contributed by atoms with E-state index < -0.39 is 35.1 Å². The summed E-state index contributed by atoms with van der Waals surface area (Å²) >= 11 is 0. The number of hydrogen-bond acceptors (Lipinski definition) is 6. The highest BCUT2D eigenvalue weighted by molar-refractivity contribution is 6.02. The summed E-state index contributed by atoms with van der Waals surface area (Å²) in [5, 5.41) is 9.63. The lowest BCUT2D eigenvalue weighted by Gasteiger charge is -2.37. The van der Waals surface area contributed by atoms with Crippen molar-refractivity contribution in [2.75, 3.05) is 5.32 Å². The van der Waals surface area contributed by atoms with Crippen molar-refractivity contribution >= 4 is 23.5 Å². The van der Waals surface area contributed by atoms with Gasteiger partial charge in [-0.3, -0.25) is 14.4 Å². The minimum absolute atomic E-state index is 0.0175. The van der Waals surface area contributed by atoms with Gasteiger partial charge in [0.2, 0.25) is 17.7 Å². The van der Waals surface area contributed by atoms with Gasteiger partial charge in [-0.05, 0) is 40.5 Å². The van der Waals surface area contributed by atoms with E-state index in [1.807, 2.05) is 32.9 Å². The lowest BCUT2D eigenvalue weighted by molar-refractivity contribution is -0.144. The lowest BCUT2D eigenvalue weighted by Crippen LogP contribution is -2.59. The van der Waals surface area contributed by atoms with Gasteiger partial charge in [-0.25, -0.2) is 0 Å². The fourth-order valence-electron chi connectivity index (χ4n) is 5.86. The summed E-state index contributed by atoms with van der Waals surface area (Å²) in [6, 6.07) is 0.810. The van der Waals surface area contributed by atoms with Gasteiger partial charge in [0.1, 0.15) is 17.4 Å². The van der Waals surface area contributed by atoms with Gasteiger partial charge in [-0.2, -0.15) is 0 Å². The van der Waals surface area contributed by atoms with E-state index in [4.69, 9.17) is 9.26 Å². The normalized spacial score (nSPS) is 33.8. The number of likely N-dealkylation sites (tertiary alicyclic amines) is 1. The van der Waals surface area contributed by atoms with Crippen LogP contribution >= 0.6 is 0 Å². The Morgan fingerprint density at radius 2 is 1.94 bits per heavy atom. The fraction of sp³-hybridized carbons (Fsp3) is 0.652. The number of rotatable bonds is 4. The topological polar surface area (TPSA) is 114 Å². The minimum Gasteiger partial charge on any atom is -0.360 e. The van der Waals surface area contributed by atoms with Crippen molar-refractivity contribution < 1.29 is 23.6 Å². The molecule has 1 aromatic heterocycles. The highest BCUT2D eigenvalue weighted by Crippen LogP contribution is 2.56. The Balaban J connectivity index is 1.50. The van der Waals surface area contributed by atoms with E-state index in [2.05, 4.69) is 15.8 Å². The maximum Gasteiger partial charge on any atom is 0.246 e. The first-order chi connectivity index (χ1) is 15.1. The molecule has 1 spiro atoms. The predicted octanol–water partition coefficient (Wildman–Crippen LogP) is 1.93. The molecule has 1 aromatic rings. The molecule has 1 saturated carbocycles. The highest BCUT2D eigenvalue weighted by atomic mass is 16.5. The number of aromatic nitrogens is 1. The number of carbonyl (C=O) groups is 3. The number of nitrogens with zero attached hydrogens (tertiary/aromatic N) is 2. The fourth-order valence-corrected chi connectivity index (χ4v) is 5.86. The van der Waals surface area contributed by atoms with Crippen LogP contribution in [0.4, 0.5) is 5.82 Å². The summed E-state index contributed by atoms with van der Waals surface area (Å²) in [5.74, 6) is -1.37. The maximum absolute atomic E-state index is 13.8. The second-order valence-electron chi connectivity index (χ2n) is 10.4. The van der Waals surface area contributed by atoms with E-state index in [1.54, 1.807) is 17.9 Å². The standard InChI is InChI=1S/C23H30N4O5/c1-12-11-15(26-32-12)24-19(28)16-14-9-10-23(31-14)17(16)21(30)27(13-7-5-6-8-13)18(23)20(29)25-22(2,3)4/h9-11,13-14,16-18H,5-8H2,1-4H3,(H,25,29)(H,24,26,28)/t14-,16-,17+,18+,23-/m1/s1. The summed E-state index contributed by atoms with van der Waals surface area (Å²) in [7, 11) is 0. The van der Waals surface area contributed by atoms with Crippen molar-refractivity contribution in [1.82, 2.24) is 15.4 Å². The molecule has 9 nitrogen and oxygen atoms in total. The molecule has 0 unspecified atom stereocenters. The number of carbonyl (C=O) groups excluding carboxylic acids is 3. The zero-order valence-electron chi connectivity index (χ0n) is 18.9. The Morgan fingerprint density at radius 1 is 1.22 bits per heavy atom. The largest absolute Gasteiger partial charge is 0.360 e. The Kier molecular flexibility index (Phi) is 4.74. The second kappa shape index (κ2) is 7.16. The van der Waals surface area contributed by atoms with Crippen LogP contribution in [0, 0.1) is 18.8 Å². The molecule has 32 heavy (non-hydrogen) atoms. The van der Waals surface area contributed by atoms with Crippen LogP contribution in [0.5, 0.6) is 0 Å². The van der Waals surface area contributed by atoms with Crippen LogP contribution in [-0.4, -0.2) is 57.1 Å². The summed E-state index contributed by atoms with van der Waals surface area (Å²) in [4.78, 5) is 42.3. The van der Waals surface area contributed by atoms with E-state index >= 15 is 0 Å². The van der Waals surface area contributed by atoms with E-state index in [1.165, 1.54) is 0 Å². The molecule has 9 heteroatoms. The molecular weight excluding hydrogens is 412 g/mol. The molecule has 4 aliphatic rings. The third kappa shape index (κ3) is 3.17. The quantitative estimate of drug-likeness (QED) is 0.689. The highest BCUT2D eigenvalue weighted by Gasteiger charge is 2.73. The third-order valence-corrected chi connectivity index (χ3v) is 6.96. The molecule has 4 heterocycles. The molecule has 5 rings (SSSR count). The van der Waals surface area contributed by atoms with Crippen LogP contribution in [0.25, 0.3) is 0 Å². The molecule has 1 aliphatic carbocycles. The zero-order valence-corrected chi connectivity index (χ0v) is 18.9. The third-order valence-electron chi connectivity index (χ3n) is 6.96. The van der Waals surface area contributed by atoms with Crippen molar-refractivity contribution in [2.45, 2.75) is 82.7 Å². The number of fused-ring (bicyclic) bond motifs is 1. The molecule has 2 saturated heterocycles. The molecule has 3 aliphatic heterocycles. The van der Waals surface area contributed by atoms with Crippen molar-refractivity contribution in [1.29, 1.82) is 0 Å². The molecule has 2 bridgehead atoms. The maximum atomic E-state index is 13.8. The Bertz CT molecular complexity index is 989. The summed E-state index contributed by atoms with van der Waals surface area (Å²) < 4.78 is 11.4. The van der Waals surface area contributed by atoms with Gasteiger partial charge >= 0.3 is 0 Å². The zero-order chi connectivity index (χ0) is 22.8. The van der Waals surface area contributed by atoms with Gasteiger partial charge in [-0.15, -0.1) is 0 Å². The van der Waals surface area contributed by atoms with Gasteiger partial charge < -0.3 is 24.8 Å². The lowest BCUT2D eigenvalue weighted by atomic mass is 9.74. The monoisotopic (exact) mass is 442 g/mol. The van der Waals surface area contributed by atoms with Crippen molar-refractivity contribution in [2.24, 2.45) is 11.8 Å². The number of hydrogen-bond donors (Lipinski definition) is 2. The smallest absolute Gasteiger partial charge is 0.246 e. The van der Waals surface area contributed by atoms with E-state index in [-0.39, 0.29) is 23.8 Å². The SMILES string of the molecule is Cc1cc(NC(=O)[C@H]2[C@H]3C(=O)N(C4CCCC4)[C@@H](C(=O)NC(C)(C)C)[C@@]34C=C[C@H]2O4)no1. The average Bonchev–Trinajstić information content (AvgIpc) is 3.48. The van der Waals surface area contributed by atoms with E-state index in [0.29, 0.717) is 11.6 Å². The van der Waals surface area contributed by atoms with E-state index in [9.17, 15) is 14.4 Å². The molecule has 172 valence electrons. The number of ether oxygens (including phenoxy) is 1. The van der Waals surface area contributed by atoms with Crippen molar-refractivity contribution in [3.05, 3.63) is 24.0 Å². The average molecular weight is 443 g/mol. The van der Waals surface area contributed by atoms with Crippen molar-refractivity contribution in [3.8, 4) is 0 Å². The van der Waals surface area contributed by atoms with Crippen LogP contribution < -0.4 is 10.6 Å². The van der Waals surface area contributed by atoms with Crippen LogP contribution in [0.1, 0.15) is 52.2 Å². The number of aryl methyl sites for hydroxylation is 1. The van der Waals surface area contributed by atoms with Crippen LogP contribution in [0.15, 0.2) is 22.7 Å². The van der Waals surface area contributed by atoms with Gasteiger partial charge in [0, 0.05) is 17.6 Å². The first-order valence-electron chi connectivity index (χ1n) is 11.4. The molecule has 2 N–H and O–H groups in total. The van der Waals surface area contributed by atoms with Gasteiger partial charge in [0.25, 0.3) is 0 Å². The molecule has 0 radical (unpaired) electrons. The van der Waals surface area contributed by atoms with Gasteiger partial charge in [0.15, 0.2) is 5.82 Å². The Labute approximate surface area is 186 Å². The van der Waals surface area contributed by atoms with Crippen LogP contribution in [0.3, 0.4) is 0 Å². The molecule has 0 aromatic carbocycles. The number of amides is 3. The van der Waals surface area contributed by atoms with Crippen LogP contribution in [0.2, 0.25) is 0 Å². The predicted molar refractivity (Wildman–Crippen MR) is 114 cm³/mol. The summed E-state index contributed by atoms with van der Waals surface area (Å²) in [5.41, 5.74) is -1.60. The minimum atomic E-state index is -1.14. The van der Waals surface area contributed by atoms with Crippen molar-refractivity contribution in [3.63, 3.8) is 0 Å². The first-order valence-corrected chi connectivity index (χ1v) is 11.4. The Hall–Kier alpha value is -2.68. The summed E-state index contributed by atoms with van der Waals surface area (Å²) in [6.45, 7) is 7.47. The molecule has 3 amide bonds. The first kappa shape index (κ1) is 21.2. The number of anilines is 1. The molecule has 3 fully saturated rings. The van der Waals surface area contributed by atoms with Gasteiger partial charge in [-0.1, -0.05) is 30.2 Å². The molecule has 5 atom stereocenters. The molecular formula is C23H30N4O5. The second-order valence-corrected chi connectivity index (χ2v) is 10.4.